The van der Waals surface area contributed by atoms with Gasteiger partial charge < -0.3 is 20.7 Å². The zero-order valence-electron chi connectivity index (χ0n) is 15.0. The van der Waals surface area contributed by atoms with E-state index >= 15 is 0 Å². The van der Waals surface area contributed by atoms with E-state index in [1.54, 1.807) is 0 Å². The van der Waals surface area contributed by atoms with E-state index in [2.05, 4.69) is 49.2 Å². The van der Waals surface area contributed by atoms with Gasteiger partial charge in [-0.25, -0.2) is 0 Å². The van der Waals surface area contributed by atoms with E-state index in [0.29, 0.717) is 5.92 Å². The quantitative estimate of drug-likeness (QED) is 0.771. The van der Waals surface area contributed by atoms with Gasteiger partial charge in [0.2, 0.25) is 0 Å². The third-order valence-electron chi connectivity index (χ3n) is 4.48. The van der Waals surface area contributed by atoms with Gasteiger partial charge in [-0.2, -0.15) is 0 Å². The fraction of sp³-hybridized carbons (Fsp3) is 0.684. The summed E-state index contributed by atoms with van der Waals surface area (Å²) in [7, 11) is 0. The lowest BCUT2D eigenvalue weighted by Gasteiger charge is -2.28. The third kappa shape index (κ3) is 6.13. The highest BCUT2D eigenvalue weighted by Gasteiger charge is 2.13. The van der Waals surface area contributed by atoms with Crippen molar-refractivity contribution in [1.29, 1.82) is 0 Å². The minimum Gasteiger partial charge on any atom is -0.493 e. The fourth-order valence-electron chi connectivity index (χ4n) is 2.96. The van der Waals surface area contributed by atoms with Crippen molar-refractivity contribution in [3.8, 4) is 5.75 Å². The van der Waals surface area contributed by atoms with Gasteiger partial charge in [0.25, 0.3) is 0 Å². The molecule has 4 nitrogen and oxygen atoms in total. The number of hydrogen-bond donors (Lipinski definition) is 2. The molecule has 4 heteroatoms. The van der Waals surface area contributed by atoms with E-state index in [9.17, 15) is 0 Å². The van der Waals surface area contributed by atoms with Crippen molar-refractivity contribution >= 4 is 0 Å². The monoisotopic (exact) mass is 319 g/mol. The van der Waals surface area contributed by atoms with Crippen LogP contribution in [0.3, 0.4) is 0 Å². The van der Waals surface area contributed by atoms with Gasteiger partial charge in [0.1, 0.15) is 5.75 Å². The van der Waals surface area contributed by atoms with Crippen LogP contribution in [0.15, 0.2) is 18.2 Å². The number of nitrogens with zero attached hydrogens (tertiary/aromatic N) is 1. The highest BCUT2D eigenvalue weighted by atomic mass is 16.5. The molecule has 0 radical (unpaired) electrons. The predicted octanol–water partition coefficient (Wildman–Crippen LogP) is 2.19. The van der Waals surface area contributed by atoms with Crippen molar-refractivity contribution < 1.29 is 4.74 Å². The summed E-state index contributed by atoms with van der Waals surface area (Å²) in [5.74, 6) is 1.55. The Kier molecular flexibility index (Phi) is 7.34. The first-order valence-corrected chi connectivity index (χ1v) is 8.96. The van der Waals surface area contributed by atoms with Crippen LogP contribution in [0.5, 0.6) is 5.75 Å². The van der Waals surface area contributed by atoms with Crippen molar-refractivity contribution in [2.24, 2.45) is 11.7 Å². The Morgan fingerprint density at radius 3 is 2.70 bits per heavy atom. The lowest BCUT2D eigenvalue weighted by atomic mass is 9.99. The number of hydrogen-bond acceptors (Lipinski definition) is 4. The molecule has 1 saturated heterocycles. The first-order chi connectivity index (χ1) is 11.1. The molecule has 0 spiro atoms. The standard InChI is InChI=1S/C19H33N3O/c1-15(2)14-23-19-6-4-5-17(16(19)3)13-18(20)7-10-22-11-8-21-9-12-22/h4-6,15,18,21H,7-14,20H2,1-3H3. The summed E-state index contributed by atoms with van der Waals surface area (Å²) >= 11 is 0. The number of nitrogens with two attached hydrogens (primary N) is 1. The molecule has 0 amide bonds. The zero-order chi connectivity index (χ0) is 16.7. The Balaban J connectivity index is 1.84. The Morgan fingerprint density at radius 1 is 1.26 bits per heavy atom. The highest BCUT2D eigenvalue weighted by molar-refractivity contribution is 5.39. The topological polar surface area (TPSA) is 50.5 Å². The normalized spacial score (nSPS) is 17.4. The molecular formula is C19H33N3O. The SMILES string of the molecule is Cc1c(CC(N)CCN2CCNCC2)cccc1OCC(C)C. The number of benzene rings is 1. The molecule has 1 aliphatic rings. The maximum absolute atomic E-state index is 6.38. The number of ether oxygens (including phenoxy) is 1. The number of nitrogens with one attached hydrogen (secondary N) is 1. The fourth-order valence-corrected chi connectivity index (χ4v) is 2.96. The van der Waals surface area contributed by atoms with Crippen LogP contribution in [-0.2, 0) is 6.42 Å². The first kappa shape index (κ1) is 18.2. The summed E-state index contributed by atoms with van der Waals surface area (Å²) < 4.78 is 5.92. The maximum atomic E-state index is 6.38. The molecule has 1 aromatic carbocycles. The van der Waals surface area contributed by atoms with E-state index in [-0.39, 0.29) is 6.04 Å². The summed E-state index contributed by atoms with van der Waals surface area (Å²) in [6.45, 7) is 12.8. The van der Waals surface area contributed by atoms with E-state index in [4.69, 9.17) is 10.5 Å². The molecule has 3 N–H and O–H groups in total. The van der Waals surface area contributed by atoms with E-state index in [1.165, 1.54) is 11.1 Å². The molecule has 1 atom stereocenters. The van der Waals surface area contributed by atoms with Gasteiger partial charge in [-0.3, -0.25) is 0 Å². The van der Waals surface area contributed by atoms with Crippen LogP contribution in [0, 0.1) is 12.8 Å². The molecule has 1 aromatic rings. The molecule has 1 fully saturated rings. The molecule has 2 rings (SSSR count). The van der Waals surface area contributed by atoms with Crippen LogP contribution < -0.4 is 15.8 Å². The van der Waals surface area contributed by atoms with Crippen LogP contribution in [0.2, 0.25) is 0 Å². The summed E-state index contributed by atoms with van der Waals surface area (Å²) in [5, 5.41) is 3.39. The second-order valence-electron chi connectivity index (χ2n) is 7.09. The summed E-state index contributed by atoms with van der Waals surface area (Å²) in [6, 6.07) is 6.54. The molecule has 0 saturated carbocycles. The van der Waals surface area contributed by atoms with Crippen LogP contribution in [-0.4, -0.2) is 50.3 Å². The molecular weight excluding hydrogens is 286 g/mol. The average molecular weight is 319 g/mol. The number of rotatable bonds is 8. The molecule has 130 valence electrons. The minimum absolute atomic E-state index is 0.212. The van der Waals surface area contributed by atoms with Crippen LogP contribution in [0.1, 0.15) is 31.4 Å². The molecule has 0 aliphatic carbocycles. The molecule has 1 heterocycles. The summed E-state index contributed by atoms with van der Waals surface area (Å²) in [5.41, 5.74) is 8.94. The number of piperazine rings is 1. The van der Waals surface area contributed by atoms with Gasteiger partial charge in [-0.05, 0) is 49.4 Å². The molecule has 1 unspecified atom stereocenters. The van der Waals surface area contributed by atoms with E-state index in [0.717, 1.165) is 57.9 Å². The van der Waals surface area contributed by atoms with Crippen LogP contribution >= 0.6 is 0 Å². The lowest BCUT2D eigenvalue weighted by molar-refractivity contribution is 0.232. The first-order valence-electron chi connectivity index (χ1n) is 8.96. The van der Waals surface area contributed by atoms with Crippen LogP contribution in [0.25, 0.3) is 0 Å². The lowest BCUT2D eigenvalue weighted by Crippen LogP contribution is -2.44. The largest absolute Gasteiger partial charge is 0.493 e. The van der Waals surface area contributed by atoms with Gasteiger partial charge in [0.05, 0.1) is 6.61 Å². The second-order valence-corrected chi connectivity index (χ2v) is 7.09. The van der Waals surface area contributed by atoms with Crippen LogP contribution in [0.4, 0.5) is 0 Å². The summed E-state index contributed by atoms with van der Waals surface area (Å²) in [6.07, 6.45) is 1.98. The Morgan fingerprint density at radius 2 is 2.00 bits per heavy atom. The molecule has 1 aliphatic heterocycles. The van der Waals surface area contributed by atoms with Gasteiger partial charge in [0.15, 0.2) is 0 Å². The Labute approximate surface area is 141 Å². The van der Waals surface area contributed by atoms with Gasteiger partial charge in [-0.1, -0.05) is 26.0 Å². The highest BCUT2D eigenvalue weighted by Crippen LogP contribution is 2.23. The van der Waals surface area contributed by atoms with Gasteiger partial charge >= 0.3 is 0 Å². The smallest absolute Gasteiger partial charge is 0.122 e. The van der Waals surface area contributed by atoms with Crippen molar-refractivity contribution in [2.75, 3.05) is 39.3 Å². The second kappa shape index (κ2) is 9.26. The molecule has 0 bridgehead atoms. The summed E-state index contributed by atoms with van der Waals surface area (Å²) in [4.78, 5) is 2.51. The molecule has 23 heavy (non-hydrogen) atoms. The third-order valence-corrected chi connectivity index (χ3v) is 4.48. The van der Waals surface area contributed by atoms with Gasteiger partial charge in [0, 0.05) is 32.2 Å². The van der Waals surface area contributed by atoms with Crippen molar-refractivity contribution in [1.82, 2.24) is 10.2 Å². The van der Waals surface area contributed by atoms with E-state index < -0.39 is 0 Å². The maximum Gasteiger partial charge on any atom is 0.122 e. The average Bonchev–Trinajstić information content (AvgIpc) is 2.54. The molecule has 0 aromatic heterocycles. The predicted molar refractivity (Wildman–Crippen MR) is 97.1 cm³/mol. The van der Waals surface area contributed by atoms with Crippen molar-refractivity contribution in [3.63, 3.8) is 0 Å². The van der Waals surface area contributed by atoms with Gasteiger partial charge in [-0.15, -0.1) is 0 Å². The van der Waals surface area contributed by atoms with E-state index in [1.807, 2.05) is 0 Å². The van der Waals surface area contributed by atoms with Crippen molar-refractivity contribution in [2.45, 2.75) is 39.7 Å². The minimum atomic E-state index is 0.212. The van der Waals surface area contributed by atoms with Crippen molar-refractivity contribution in [3.05, 3.63) is 29.3 Å². The zero-order valence-corrected chi connectivity index (χ0v) is 15.0. The Hall–Kier alpha value is -1.10. The Bertz CT molecular complexity index is 470.